The molecule has 0 atom stereocenters. The van der Waals surface area contributed by atoms with Crippen molar-refractivity contribution in [3.8, 4) is 5.75 Å². The molecule has 0 amide bonds. The van der Waals surface area contributed by atoms with Gasteiger partial charge in [0.05, 0.1) is 6.10 Å². The van der Waals surface area contributed by atoms with Crippen LogP contribution in [0.3, 0.4) is 0 Å². The molecule has 1 fully saturated rings. The summed E-state index contributed by atoms with van der Waals surface area (Å²) in [6.45, 7) is 6.20. The Balaban J connectivity index is 1.85. The van der Waals surface area contributed by atoms with Crippen molar-refractivity contribution in [2.45, 2.75) is 45.8 Å². The summed E-state index contributed by atoms with van der Waals surface area (Å²) in [6.07, 6.45) is 4.45. The summed E-state index contributed by atoms with van der Waals surface area (Å²) >= 11 is 0. The van der Waals surface area contributed by atoms with Crippen LogP contribution in [0.5, 0.6) is 5.75 Å². The van der Waals surface area contributed by atoms with Gasteiger partial charge in [-0.2, -0.15) is 0 Å². The highest BCUT2D eigenvalue weighted by Gasteiger charge is 2.16. The highest BCUT2D eigenvalue weighted by atomic mass is 16.5. The largest absolute Gasteiger partial charge is 0.491 e. The van der Waals surface area contributed by atoms with Crippen LogP contribution in [-0.4, -0.2) is 12.6 Å². The lowest BCUT2D eigenvalue weighted by Gasteiger charge is -2.25. The Morgan fingerprint density at radius 3 is 2.71 bits per heavy atom. The van der Waals surface area contributed by atoms with Gasteiger partial charge in [-0.05, 0) is 45.2 Å². The Morgan fingerprint density at radius 1 is 1.29 bits per heavy atom. The molecular weight excluding hydrogens is 210 g/mol. The molecule has 1 aromatic rings. The minimum atomic E-state index is 0.239. The molecule has 2 rings (SSSR count). The summed E-state index contributed by atoms with van der Waals surface area (Å²) in [7, 11) is 0. The molecule has 1 aliphatic rings. The second-order valence-electron chi connectivity index (χ2n) is 5.20. The lowest BCUT2D eigenvalue weighted by Crippen LogP contribution is -2.27. The van der Waals surface area contributed by atoms with Crippen LogP contribution < -0.4 is 10.1 Å². The molecule has 0 spiro atoms. The number of hydrogen-bond acceptors (Lipinski definition) is 2. The molecule has 0 aromatic heterocycles. The average molecular weight is 233 g/mol. The quantitative estimate of drug-likeness (QED) is 0.813. The number of benzene rings is 1. The molecule has 1 N–H and O–H groups in total. The van der Waals surface area contributed by atoms with Crippen molar-refractivity contribution in [2.75, 3.05) is 6.54 Å². The fourth-order valence-corrected chi connectivity index (χ4v) is 2.13. The van der Waals surface area contributed by atoms with Gasteiger partial charge in [0.2, 0.25) is 0 Å². The van der Waals surface area contributed by atoms with Gasteiger partial charge < -0.3 is 10.1 Å². The molecule has 0 saturated heterocycles. The standard InChI is InChI=1S/C15H23NO/c1-12(2)17-15-9-4-3-8-14(15)11-16-10-13-6-5-7-13/h3-4,8-9,12-13,16H,5-7,10-11H2,1-2H3. The first kappa shape index (κ1) is 12.4. The van der Waals surface area contributed by atoms with E-state index in [0.29, 0.717) is 0 Å². The number of nitrogens with one attached hydrogen (secondary N) is 1. The van der Waals surface area contributed by atoms with Crippen LogP contribution in [0.25, 0.3) is 0 Å². The lowest BCUT2D eigenvalue weighted by atomic mass is 9.85. The van der Waals surface area contributed by atoms with Crippen LogP contribution in [0.15, 0.2) is 24.3 Å². The Labute approximate surface area is 104 Å². The third kappa shape index (κ3) is 3.74. The van der Waals surface area contributed by atoms with E-state index in [1.807, 2.05) is 6.07 Å². The predicted molar refractivity (Wildman–Crippen MR) is 71.3 cm³/mol. The molecule has 1 aliphatic carbocycles. The van der Waals surface area contributed by atoms with E-state index in [-0.39, 0.29) is 6.10 Å². The maximum Gasteiger partial charge on any atom is 0.124 e. The van der Waals surface area contributed by atoms with Crippen molar-refractivity contribution in [2.24, 2.45) is 5.92 Å². The maximum absolute atomic E-state index is 5.80. The molecule has 0 unspecified atom stereocenters. The third-order valence-electron chi connectivity index (χ3n) is 3.31. The summed E-state index contributed by atoms with van der Waals surface area (Å²) in [5.41, 5.74) is 1.26. The van der Waals surface area contributed by atoms with E-state index in [1.165, 1.54) is 24.8 Å². The number of hydrogen-bond donors (Lipinski definition) is 1. The molecule has 0 aliphatic heterocycles. The van der Waals surface area contributed by atoms with Crippen LogP contribution in [0.1, 0.15) is 38.7 Å². The summed E-state index contributed by atoms with van der Waals surface area (Å²) in [4.78, 5) is 0. The van der Waals surface area contributed by atoms with Crippen molar-refractivity contribution in [1.29, 1.82) is 0 Å². The lowest BCUT2D eigenvalue weighted by molar-refractivity contribution is 0.238. The van der Waals surface area contributed by atoms with Crippen molar-refractivity contribution in [1.82, 2.24) is 5.32 Å². The first-order valence-corrected chi connectivity index (χ1v) is 6.71. The maximum atomic E-state index is 5.80. The topological polar surface area (TPSA) is 21.3 Å². The smallest absolute Gasteiger partial charge is 0.124 e. The molecule has 0 radical (unpaired) electrons. The zero-order valence-corrected chi connectivity index (χ0v) is 10.9. The minimum absolute atomic E-state index is 0.239. The van der Waals surface area contributed by atoms with E-state index in [2.05, 4.69) is 37.4 Å². The van der Waals surface area contributed by atoms with Gasteiger partial charge in [0, 0.05) is 12.1 Å². The number of ether oxygens (including phenoxy) is 1. The van der Waals surface area contributed by atoms with E-state index in [9.17, 15) is 0 Å². The molecule has 1 saturated carbocycles. The highest BCUT2D eigenvalue weighted by molar-refractivity contribution is 5.33. The van der Waals surface area contributed by atoms with E-state index in [0.717, 1.165) is 24.8 Å². The summed E-state index contributed by atoms with van der Waals surface area (Å²) in [5, 5.41) is 3.54. The molecule has 0 bridgehead atoms. The zero-order chi connectivity index (χ0) is 12.1. The first-order valence-electron chi connectivity index (χ1n) is 6.71. The number of rotatable bonds is 6. The van der Waals surface area contributed by atoms with Crippen LogP contribution in [-0.2, 0) is 6.54 Å². The van der Waals surface area contributed by atoms with Gasteiger partial charge >= 0.3 is 0 Å². The van der Waals surface area contributed by atoms with Crippen molar-refractivity contribution >= 4 is 0 Å². The molecule has 17 heavy (non-hydrogen) atoms. The van der Waals surface area contributed by atoms with Gasteiger partial charge in [0.1, 0.15) is 5.75 Å². The first-order chi connectivity index (χ1) is 8.25. The highest BCUT2D eigenvalue weighted by Crippen LogP contribution is 2.25. The Bertz CT molecular complexity index is 345. The van der Waals surface area contributed by atoms with Gasteiger partial charge in [-0.1, -0.05) is 24.6 Å². The fourth-order valence-electron chi connectivity index (χ4n) is 2.13. The minimum Gasteiger partial charge on any atom is -0.491 e. The second kappa shape index (κ2) is 6.06. The summed E-state index contributed by atoms with van der Waals surface area (Å²) in [6, 6.07) is 8.31. The number of para-hydroxylation sites is 1. The van der Waals surface area contributed by atoms with E-state index < -0.39 is 0 Å². The van der Waals surface area contributed by atoms with Gasteiger partial charge in [-0.3, -0.25) is 0 Å². The van der Waals surface area contributed by atoms with Crippen molar-refractivity contribution < 1.29 is 4.74 Å². The molecule has 0 heterocycles. The van der Waals surface area contributed by atoms with Crippen LogP contribution in [0.4, 0.5) is 0 Å². The predicted octanol–water partition coefficient (Wildman–Crippen LogP) is 3.36. The third-order valence-corrected chi connectivity index (χ3v) is 3.31. The normalized spacial score (nSPS) is 15.9. The van der Waals surface area contributed by atoms with Crippen LogP contribution >= 0.6 is 0 Å². The van der Waals surface area contributed by atoms with Crippen LogP contribution in [0, 0.1) is 5.92 Å². The molecular formula is C15H23NO. The van der Waals surface area contributed by atoms with E-state index in [1.54, 1.807) is 0 Å². The fraction of sp³-hybridized carbons (Fsp3) is 0.600. The van der Waals surface area contributed by atoms with Gasteiger partial charge in [0.25, 0.3) is 0 Å². The second-order valence-corrected chi connectivity index (χ2v) is 5.20. The van der Waals surface area contributed by atoms with Crippen molar-refractivity contribution in [3.05, 3.63) is 29.8 Å². The molecule has 2 nitrogen and oxygen atoms in total. The molecule has 94 valence electrons. The van der Waals surface area contributed by atoms with Gasteiger partial charge in [-0.25, -0.2) is 0 Å². The van der Waals surface area contributed by atoms with Crippen molar-refractivity contribution in [3.63, 3.8) is 0 Å². The molecule has 1 aromatic carbocycles. The average Bonchev–Trinajstić information content (AvgIpc) is 2.23. The SMILES string of the molecule is CC(C)Oc1ccccc1CNCC1CCC1. The molecule has 2 heteroatoms. The van der Waals surface area contributed by atoms with Gasteiger partial charge in [0.15, 0.2) is 0 Å². The summed E-state index contributed by atoms with van der Waals surface area (Å²) < 4.78 is 5.80. The Hall–Kier alpha value is -1.02. The Morgan fingerprint density at radius 2 is 2.06 bits per heavy atom. The Kier molecular flexibility index (Phi) is 4.43. The summed E-state index contributed by atoms with van der Waals surface area (Å²) in [5.74, 6) is 1.93. The van der Waals surface area contributed by atoms with Gasteiger partial charge in [-0.15, -0.1) is 0 Å². The van der Waals surface area contributed by atoms with Crippen LogP contribution in [0.2, 0.25) is 0 Å². The van der Waals surface area contributed by atoms with E-state index >= 15 is 0 Å². The van der Waals surface area contributed by atoms with E-state index in [4.69, 9.17) is 4.74 Å². The monoisotopic (exact) mass is 233 g/mol. The zero-order valence-electron chi connectivity index (χ0n) is 10.9.